The lowest BCUT2D eigenvalue weighted by atomic mass is 9.97. The van der Waals surface area contributed by atoms with Gasteiger partial charge in [-0.05, 0) is 34.9 Å². The molecule has 0 bridgehead atoms. The second-order valence-corrected chi connectivity index (χ2v) is 5.34. The number of carbonyl (C=O) groups is 1. The molecule has 0 aromatic heterocycles. The molecule has 1 saturated heterocycles. The Morgan fingerprint density at radius 3 is 2.67 bits per heavy atom. The molecule has 0 aromatic rings. The molecule has 1 amide bonds. The average Bonchev–Trinajstić information content (AvgIpc) is 2.08. The molecule has 0 radical (unpaired) electrons. The number of rotatable bonds is 2. The van der Waals surface area contributed by atoms with Crippen LogP contribution >= 0.6 is 0 Å². The number of nitrogens with zero attached hydrogens (tertiary/aromatic N) is 2. The van der Waals surface area contributed by atoms with Crippen LogP contribution in [0.25, 0.3) is 0 Å². The SMILES string of the molecule is CC1CN(C(=O)CN(C)C)C(C)(C)CN1. The standard InChI is InChI=1S/C11H23N3O/c1-9-6-14(10(15)7-13(4)5)11(2,3)8-12-9/h9,12H,6-8H2,1-5H3. The van der Waals surface area contributed by atoms with Gasteiger partial charge in [0.25, 0.3) is 0 Å². The summed E-state index contributed by atoms with van der Waals surface area (Å²) >= 11 is 0. The number of carbonyl (C=O) groups excluding carboxylic acids is 1. The lowest BCUT2D eigenvalue weighted by Gasteiger charge is -2.45. The zero-order valence-electron chi connectivity index (χ0n) is 10.5. The van der Waals surface area contributed by atoms with Crippen molar-refractivity contribution in [2.45, 2.75) is 32.4 Å². The van der Waals surface area contributed by atoms with E-state index in [2.05, 4.69) is 26.1 Å². The van der Waals surface area contributed by atoms with Crippen molar-refractivity contribution in [1.82, 2.24) is 15.1 Å². The van der Waals surface area contributed by atoms with Gasteiger partial charge < -0.3 is 15.1 Å². The van der Waals surface area contributed by atoms with E-state index in [1.807, 2.05) is 23.9 Å². The normalized spacial score (nSPS) is 25.7. The summed E-state index contributed by atoms with van der Waals surface area (Å²) in [7, 11) is 3.85. The maximum atomic E-state index is 12.0. The molecule has 1 heterocycles. The van der Waals surface area contributed by atoms with Gasteiger partial charge in [-0.1, -0.05) is 0 Å². The molecule has 1 unspecified atom stereocenters. The van der Waals surface area contributed by atoms with Gasteiger partial charge in [-0.25, -0.2) is 0 Å². The third-order valence-electron chi connectivity index (χ3n) is 2.82. The molecule has 4 nitrogen and oxygen atoms in total. The van der Waals surface area contributed by atoms with Crippen LogP contribution in [0.3, 0.4) is 0 Å². The molecule has 4 heteroatoms. The largest absolute Gasteiger partial charge is 0.334 e. The van der Waals surface area contributed by atoms with E-state index >= 15 is 0 Å². The summed E-state index contributed by atoms with van der Waals surface area (Å²) in [6.07, 6.45) is 0. The van der Waals surface area contributed by atoms with Crippen LogP contribution in [0.2, 0.25) is 0 Å². The van der Waals surface area contributed by atoms with Gasteiger partial charge in [0.2, 0.25) is 5.91 Å². The quantitative estimate of drug-likeness (QED) is 0.709. The fourth-order valence-corrected chi connectivity index (χ4v) is 1.90. The highest BCUT2D eigenvalue weighted by atomic mass is 16.2. The minimum Gasteiger partial charge on any atom is -0.334 e. The van der Waals surface area contributed by atoms with Crippen molar-refractivity contribution in [2.24, 2.45) is 0 Å². The number of nitrogens with one attached hydrogen (secondary N) is 1. The minimum atomic E-state index is -0.0698. The summed E-state index contributed by atoms with van der Waals surface area (Å²) in [5.41, 5.74) is -0.0698. The molecular formula is C11H23N3O. The Balaban J connectivity index is 2.67. The third kappa shape index (κ3) is 3.18. The van der Waals surface area contributed by atoms with E-state index < -0.39 is 0 Å². The van der Waals surface area contributed by atoms with Crippen LogP contribution in [0.15, 0.2) is 0 Å². The second kappa shape index (κ2) is 4.49. The smallest absolute Gasteiger partial charge is 0.237 e. The predicted octanol–water partition coefficient (Wildman–Crippen LogP) is 0.147. The van der Waals surface area contributed by atoms with Crippen LogP contribution in [0.4, 0.5) is 0 Å². The van der Waals surface area contributed by atoms with Crippen LogP contribution in [0, 0.1) is 0 Å². The summed E-state index contributed by atoms with van der Waals surface area (Å²) < 4.78 is 0. The van der Waals surface area contributed by atoms with Crippen LogP contribution in [0.1, 0.15) is 20.8 Å². The molecule has 1 aliphatic heterocycles. The Bertz CT molecular complexity index is 238. The second-order valence-electron chi connectivity index (χ2n) is 5.34. The van der Waals surface area contributed by atoms with E-state index in [4.69, 9.17) is 0 Å². The average molecular weight is 213 g/mol. The zero-order valence-corrected chi connectivity index (χ0v) is 10.5. The summed E-state index contributed by atoms with van der Waals surface area (Å²) in [4.78, 5) is 15.9. The van der Waals surface area contributed by atoms with Crippen molar-refractivity contribution >= 4 is 5.91 Å². The highest BCUT2D eigenvalue weighted by molar-refractivity contribution is 5.79. The number of piperazine rings is 1. The van der Waals surface area contributed by atoms with Crippen LogP contribution in [-0.2, 0) is 4.79 Å². The Hall–Kier alpha value is -0.610. The fraction of sp³-hybridized carbons (Fsp3) is 0.909. The summed E-state index contributed by atoms with van der Waals surface area (Å²) in [6, 6.07) is 0.393. The molecule has 0 saturated carbocycles. The lowest BCUT2D eigenvalue weighted by Crippen LogP contribution is -2.63. The first-order valence-electron chi connectivity index (χ1n) is 5.51. The molecule has 1 rings (SSSR count). The summed E-state index contributed by atoms with van der Waals surface area (Å²) in [6.45, 7) is 8.51. The monoisotopic (exact) mass is 213 g/mol. The number of likely N-dealkylation sites (N-methyl/N-ethyl adjacent to an activating group) is 1. The molecule has 1 N–H and O–H groups in total. The molecule has 0 spiro atoms. The van der Waals surface area contributed by atoms with Gasteiger partial charge in [0, 0.05) is 24.7 Å². The summed E-state index contributed by atoms with van der Waals surface area (Å²) in [5, 5.41) is 3.40. The predicted molar refractivity (Wildman–Crippen MR) is 61.8 cm³/mol. The van der Waals surface area contributed by atoms with Crippen LogP contribution in [-0.4, -0.2) is 61.0 Å². The van der Waals surface area contributed by atoms with Crippen LogP contribution < -0.4 is 5.32 Å². The topological polar surface area (TPSA) is 35.6 Å². The summed E-state index contributed by atoms with van der Waals surface area (Å²) in [5.74, 6) is 0.221. The Kier molecular flexibility index (Phi) is 3.73. The van der Waals surface area contributed by atoms with E-state index in [9.17, 15) is 4.79 Å². The van der Waals surface area contributed by atoms with Crippen molar-refractivity contribution in [3.63, 3.8) is 0 Å². The molecule has 1 fully saturated rings. The van der Waals surface area contributed by atoms with Gasteiger partial charge in [-0.15, -0.1) is 0 Å². The maximum absolute atomic E-state index is 12.0. The van der Waals surface area contributed by atoms with Crippen molar-refractivity contribution in [3.05, 3.63) is 0 Å². The molecule has 0 aliphatic carbocycles. The van der Waals surface area contributed by atoms with Gasteiger partial charge in [0.1, 0.15) is 0 Å². The van der Waals surface area contributed by atoms with E-state index in [0.29, 0.717) is 12.6 Å². The Morgan fingerprint density at radius 1 is 1.53 bits per heavy atom. The molecule has 0 aromatic carbocycles. The number of amides is 1. The van der Waals surface area contributed by atoms with Crippen LogP contribution in [0.5, 0.6) is 0 Å². The Labute approximate surface area is 92.6 Å². The highest BCUT2D eigenvalue weighted by Gasteiger charge is 2.35. The van der Waals surface area contributed by atoms with Gasteiger partial charge in [0.15, 0.2) is 0 Å². The molecular weight excluding hydrogens is 190 g/mol. The Morgan fingerprint density at radius 2 is 2.13 bits per heavy atom. The van der Waals surface area contributed by atoms with Crippen molar-refractivity contribution in [3.8, 4) is 0 Å². The lowest BCUT2D eigenvalue weighted by molar-refractivity contribution is -0.139. The van der Waals surface area contributed by atoms with Crippen molar-refractivity contribution in [2.75, 3.05) is 33.7 Å². The van der Waals surface area contributed by atoms with E-state index in [0.717, 1.165) is 13.1 Å². The van der Waals surface area contributed by atoms with Gasteiger partial charge in [0.05, 0.1) is 6.54 Å². The fourth-order valence-electron chi connectivity index (χ4n) is 1.90. The first kappa shape index (κ1) is 12.5. The van der Waals surface area contributed by atoms with E-state index in [1.165, 1.54) is 0 Å². The van der Waals surface area contributed by atoms with Crippen molar-refractivity contribution < 1.29 is 4.79 Å². The first-order valence-corrected chi connectivity index (χ1v) is 5.51. The minimum absolute atomic E-state index is 0.0698. The number of hydrogen-bond acceptors (Lipinski definition) is 3. The molecule has 1 atom stereocenters. The molecule has 15 heavy (non-hydrogen) atoms. The maximum Gasteiger partial charge on any atom is 0.237 e. The van der Waals surface area contributed by atoms with E-state index in [-0.39, 0.29) is 11.4 Å². The van der Waals surface area contributed by atoms with Crippen molar-refractivity contribution in [1.29, 1.82) is 0 Å². The molecule has 88 valence electrons. The molecule has 1 aliphatic rings. The zero-order chi connectivity index (χ0) is 11.6. The van der Waals surface area contributed by atoms with Gasteiger partial charge in [-0.2, -0.15) is 0 Å². The highest BCUT2D eigenvalue weighted by Crippen LogP contribution is 2.18. The first-order chi connectivity index (χ1) is 6.83. The van der Waals surface area contributed by atoms with E-state index in [1.54, 1.807) is 0 Å². The third-order valence-corrected chi connectivity index (χ3v) is 2.82. The van der Waals surface area contributed by atoms with Gasteiger partial charge in [-0.3, -0.25) is 4.79 Å². The number of hydrogen-bond donors (Lipinski definition) is 1. The van der Waals surface area contributed by atoms with Gasteiger partial charge >= 0.3 is 0 Å².